The molecule has 0 aliphatic heterocycles. The third-order valence-electron chi connectivity index (χ3n) is 2.99. The molecule has 1 heterocycles. The standard InChI is InChI=1S/C16H21N3O/c1-5-6-17-15-13(4)16(19-10-18-15)20-14-8-11(2)7-12(3)9-14/h7-10H,5-6H2,1-4H3,(H,17,18,19). The first kappa shape index (κ1) is 14.3. The molecule has 106 valence electrons. The summed E-state index contributed by atoms with van der Waals surface area (Å²) in [5.74, 6) is 2.25. The molecule has 0 saturated heterocycles. The summed E-state index contributed by atoms with van der Waals surface area (Å²) in [5.41, 5.74) is 3.28. The highest BCUT2D eigenvalue weighted by Crippen LogP contribution is 2.27. The maximum Gasteiger partial charge on any atom is 0.227 e. The highest BCUT2D eigenvalue weighted by atomic mass is 16.5. The van der Waals surface area contributed by atoms with E-state index in [1.165, 1.54) is 17.5 Å². The second kappa shape index (κ2) is 6.37. The maximum absolute atomic E-state index is 5.90. The number of ether oxygens (including phenoxy) is 1. The van der Waals surface area contributed by atoms with E-state index in [9.17, 15) is 0 Å². The molecule has 0 saturated carbocycles. The normalized spacial score (nSPS) is 10.4. The second-order valence-corrected chi connectivity index (χ2v) is 5.00. The summed E-state index contributed by atoms with van der Waals surface area (Å²) in [4.78, 5) is 8.48. The Labute approximate surface area is 120 Å². The summed E-state index contributed by atoms with van der Waals surface area (Å²) in [6.45, 7) is 9.09. The van der Waals surface area contributed by atoms with Crippen molar-refractivity contribution in [2.24, 2.45) is 0 Å². The van der Waals surface area contributed by atoms with Crippen LogP contribution in [0.5, 0.6) is 11.6 Å². The van der Waals surface area contributed by atoms with E-state index in [1.807, 2.05) is 19.1 Å². The average molecular weight is 271 g/mol. The van der Waals surface area contributed by atoms with Crippen LogP contribution in [0.1, 0.15) is 30.0 Å². The van der Waals surface area contributed by atoms with E-state index in [1.54, 1.807) is 0 Å². The van der Waals surface area contributed by atoms with Gasteiger partial charge in [0, 0.05) is 6.54 Å². The fraction of sp³-hybridized carbons (Fsp3) is 0.375. The van der Waals surface area contributed by atoms with Gasteiger partial charge in [0.2, 0.25) is 5.88 Å². The molecule has 0 fully saturated rings. The molecule has 4 heteroatoms. The van der Waals surface area contributed by atoms with E-state index in [2.05, 4.69) is 42.1 Å². The minimum absolute atomic E-state index is 0.601. The SMILES string of the molecule is CCCNc1ncnc(Oc2cc(C)cc(C)c2)c1C. The Morgan fingerprint density at radius 2 is 1.75 bits per heavy atom. The van der Waals surface area contributed by atoms with Crippen LogP contribution in [-0.4, -0.2) is 16.5 Å². The Balaban J connectivity index is 2.24. The lowest BCUT2D eigenvalue weighted by molar-refractivity contribution is 0.457. The van der Waals surface area contributed by atoms with Gasteiger partial charge in [-0.3, -0.25) is 0 Å². The molecule has 2 rings (SSSR count). The van der Waals surface area contributed by atoms with Crippen LogP contribution in [0.25, 0.3) is 0 Å². The number of anilines is 1. The highest BCUT2D eigenvalue weighted by Gasteiger charge is 2.09. The first-order valence-corrected chi connectivity index (χ1v) is 6.91. The summed E-state index contributed by atoms with van der Waals surface area (Å²) in [6, 6.07) is 6.13. The molecule has 0 unspecified atom stereocenters. The lowest BCUT2D eigenvalue weighted by Gasteiger charge is -2.12. The zero-order chi connectivity index (χ0) is 14.5. The number of benzene rings is 1. The van der Waals surface area contributed by atoms with Gasteiger partial charge in [-0.2, -0.15) is 0 Å². The predicted octanol–water partition coefficient (Wildman–Crippen LogP) is 4.02. The maximum atomic E-state index is 5.90. The summed E-state index contributed by atoms with van der Waals surface area (Å²) in [7, 11) is 0. The molecular weight excluding hydrogens is 250 g/mol. The van der Waals surface area contributed by atoms with E-state index >= 15 is 0 Å². The number of nitrogens with zero attached hydrogens (tertiary/aromatic N) is 2. The molecule has 1 N–H and O–H groups in total. The van der Waals surface area contributed by atoms with Crippen molar-refractivity contribution >= 4 is 5.82 Å². The number of hydrogen-bond acceptors (Lipinski definition) is 4. The lowest BCUT2D eigenvalue weighted by Crippen LogP contribution is -2.05. The van der Waals surface area contributed by atoms with Crippen LogP contribution < -0.4 is 10.1 Å². The van der Waals surface area contributed by atoms with Crippen molar-refractivity contribution < 1.29 is 4.74 Å². The molecule has 4 nitrogen and oxygen atoms in total. The molecule has 0 bridgehead atoms. The van der Waals surface area contributed by atoms with Crippen molar-refractivity contribution in [3.05, 3.63) is 41.2 Å². The van der Waals surface area contributed by atoms with Gasteiger partial charge >= 0.3 is 0 Å². The van der Waals surface area contributed by atoms with Crippen molar-refractivity contribution in [1.82, 2.24) is 9.97 Å². The third kappa shape index (κ3) is 3.47. The minimum atomic E-state index is 0.601. The van der Waals surface area contributed by atoms with Crippen molar-refractivity contribution in [1.29, 1.82) is 0 Å². The van der Waals surface area contributed by atoms with Crippen LogP contribution in [0.2, 0.25) is 0 Å². The predicted molar refractivity (Wildman–Crippen MR) is 81.5 cm³/mol. The number of nitrogens with one attached hydrogen (secondary N) is 1. The largest absolute Gasteiger partial charge is 0.439 e. The van der Waals surface area contributed by atoms with Crippen LogP contribution in [0.4, 0.5) is 5.82 Å². The first-order valence-electron chi connectivity index (χ1n) is 6.91. The monoisotopic (exact) mass is 271 g/mol. The Bertz CT molecular complexity index is 576. The zero-order valence-corrected chi connectivity index (χ0v) is 12.5. The van der Waals surface area contributed by atoms with Crippen LogP contribution in [-0.2, 0) is 0 Å². The highest BCUT2D eigenvalue weighted by molar-refractivity contribution is 5.49. The molecule has 0 spiro atoms. The number of hydrogen-bond donors (Lipinski definition) is 1. The van der Waals surface area contributed by atoms with Gasteiger partial charge in [-0.25, -0.2) is 9.97 Å². The quantitative estimate of drug-likeness (QED) is 0.892. The van der Waals surface area contributed by atoms with E-state index in [0.29, 0.717) is 5.88 Å². The number of aryl methyl sites for hydroxylation is 2. The molecule has 0 aliphatic carbocycles. The van der Waals surface area contributed by atoms with Gasteiger partial charge in [0.25, 0.3) is 0 Å². The second-order valence-electron chi connectivity index (χ2n) is 5.00. The van der Waals surface area contributed by atoms with E-state index in [0.717, 1.165) is 30.1 Å². The van der Waals surface area contributed by atoms with E-state index < -0.39 is 0 Å². The smallest absolute Gasteiger partial charge is 0.227 e. The third-order valence-corrected chi connectivity index (χ3v) is 2.99. The Morgan fingerprint density at radius 1 is 1.05 bits per heavy atom. The Morgan fingerprint density at radius 3 is 2.40 bits per heavy atom. The van der Waals surface area contributed by atoms with Crippen LogP contribution >= 0.6 is 0 Å². The summed E-state index contributed by atoms with van der Waals surface area (Å²) >= 11 is 0. The Hall–Kier alpha value is -2.10. The van der Waals surface area contributed by atoms with Crippen LogP contribution in [0.15, 0.2) is 24.5 Å². The first-order chi connectivity index (χ1) is 9.60. The molecule has 0 radical (unpaired) electrons. The van der Waals surface area contributed by atoms with Crippen molar-refractivity contribution in [2.45, 2.75) is 34.1 Å². The van der Waals surface area contributed by atoms with Crippen molar-refractivity contribution in [3.8, 4) is 11.6 Å². The zero-order valence-electron chi connectivity index (χ0n) is 12.5. The van der Waals surface area contributed by atoms with Gasteiger partial charge in [-0.05, 0) is 50.5 Å². The summed E-state index contributed by atoms with van der Waals surface area (Å²) < 4.78 is 5.90. The summed E-state index contributed by atoms with van der Waals surface area (Å²) in [5, 5.41) is 3.28. The molecule has 1 aromatic heterocycles. The molecule has 2 aromatic rings. The van der Waals surface area contributed by atoms with E-state index in [-0.39, 0.29) is 0 Å². The minimum Gasteiger partial charge on any atom is -0.439 e. The van der Waals surface area contributed by atoms with E-state index in [4.69, 9.17) is 4.74 Å². The molecule has 1 aromatic carbocycles. The molecular formula is C16H21N3O. The fourth-order valence-corrected chi connectivity index (χ4v) is 2.06. The number of aromatic nitrogens is 2. The lowest BCUT2D eigenvalue weighted by atomic mass is 10.1. The van der Waals surface area contributed by atoms with Crippen LogP contribution in [0.3, 0.4) is 0 Å². The topological polar surface area (TPSA) is 47.0 Å². The van der Waals surface area contributed by atoms with Crippen molar-refractivity contribution in [2.75, 3.05) is 11.9 Å². The fourth-order valence-electron chi connectivity index (χ4n) is 2.06. The average Bonchev–Trinajstić information content (AvgIpc) is 2.38. The molecule has 20 heavy (non-hydrogen) atoms. The summed E-state index contributed by atoms with van der Waals surface area (Å²) in [6.07, 6.45) is 2.58. The molecule has 0 atom stereocenters. The van der Waals surface area contributed by atoms with Gasteiger partial charge in [0.1, 0.15) is 17.9 Å². The van der Waals surface area contributed by atoms with Gasteiger partial charge in [-0.15, -0.1) is 0 Å². The van der Waals surface area contributed by atoms with Gasteiger partial charge < -0.3 is 10.1 Å². The van der Waals surface area contributed by atoms with Gasteiger partial charge in [0.05, 0.1) is 5.56 Å². The number of rotatable bonds is 5. The van der Waals surface area contributed by atoms with Gasteiger partial charge in [0.15, 0.2) is 0 Å². The Kier molecular flexibility index (Phi) is 4.56. The molecule has 0 aliphatic rings. The van der Waals surface area contributed by atoms with Crippen molar-refractivity contribution in [3.63, 3.8) is 0 Å². The molecule has 0 amide bonds. The van der Waals surface area contributed by atoms with Crippen LogP contribution in [0, 0.1) is 20.8 Å². The van der Waals surface area contributed by atoms with Gasteiger partial charge in [-0.1, -0.05) is 13.0 Å².